The minimum atomic E-state index is 0.656. The molecule has 5 heteroatoms. The molecule has 0 aliphatic heterocycles. The van der Waals surface area contributed by atoms with E-state index < -0.39 is 0 Å². The summed E-state index contributed by atoms with van der Waals surface area (Å²) in [7, 11) is 2.16. The van der Waals surface area contributed by atoms with E-state index in [4.69, 9.17) is 11.6 Å². The molecule has 1 aliphatic rings. The monoisotopic (exact) mass is 303 g/mol. The molecule has 1 aromatic heterocycles. The van der Waals surface area contributed by atoms with Crippen LogP contribution in [-0.4, -0.2) is 36.1 Å². The van der Waals surface area contributed by atoms with Crippen molar-refractivity contribution in [2.75, 3.05) is 25.5 Å². The van der Waals surface area contributed by atoms with E-state index in [1.54, 1.807) is 6.20 Å². The average Bonchev–Trinajstić information content (AvgIpc) is 3.04. The molecule has 16 heavy (non-hydrogen) atoms. The van der Waals surface area contributed by atoms with Crippen molar-refractivity contribution < 1.29 is 0 Å². The first-order valence-corrected chi connectivity index (χ1v) is 6.59. The first-order valence-electron chi connectivity index (χ1n) is 5.42. The largest absolute Gasteiger partial charge is 0.368 e. The maximum atomic E-state index is 6.05. The standard InChI is InChI=1S/C11H15BrClN3/c1-16(9-2-3-9)5-4-14-11-10(13)6-8(12)7-15-11/h6-7,9H,2-5H2,1H3,(H,14,15). The van der Waals surface area contributed by atoms with Gasteiger partial charge in [0, 0.05) is 29.8 Å². The van der Waals surface area contributed by atoms with Crippen LogP contribution in [0, 0.1) is 0 Å². The highest BCUT2D eigenvalue weighted by molar-refractivity contribution is 9.10. The molecule has 0 saturated heterocycles. The van der Waals surface area contributed by atoms with E-state index in [1.807, 2.05) is 6.07 Å². The predicted octanol–water partition coefficient (Wildman–Crippen LogP) is 3.00. The zero-order valence-electron chi connectivity index (χ0n) is 9.21. The fourth-order valence-corrected chi connectivity index (χ4v) is 2.29. The fraction of sp³-hybridized carbons (Fsp3) is 0.545. The number of rotatable bonds is 5. The highest BCUT2D eigenvalue weighted by atomic mass is 79.9. The third kappa shape index (κ3) is 3.34. The zero-order chi connectivity index (χ0) is 11.5. The van der Waals surface area contributed by atoms with Crippen LogP contribution in [0.25, 0.3) is 0 Å². The fourth-order valence-electron chi connectivity index (χ4n) is 1.59. The maximum Gasteiger partial charge on any atom is 0.144 e. The van der Waals surface area contributed by atoms with Crippen LogP contribution < -0.4 is 5.32 Å². The molecule has 1 fully saturated rings. The van der Waals surface area contributed by atoms with Gasteiger partial charge in [-0.25, -0.2) is 4.98 Å². The highest BCUT2D eigenvalue weighted by Crippen LogP contribution is 2.25. The van der Waals surface area contributed by atoms with Crippen LogP contribution in [0.15, 0.2) is 16.7 Å². The number of nitrogens with one attached hydrogen (secondary N) is 1. The summed E-state index contributed by atoms with van der Waals surface area (Å²) in [6.45, 7) is 1.90. The second kappa shape index (κ2) is 5.34. The predicted molar refractivity (Wildman–Crippen MR) is 71.1 cm³/mol. The molecule has 0 aromatic carbocycles. The number of hydrogen-bond acceptors (Lipinski definition) is 3. The van der Waals surface area contributed by atoms with Gasteiger partial charge in [-0.15, -0.1) is 0 Å². The van der Waals surface area contributed by atoms with Crippen molar-refractivity contribution in [3.63, 3.8) is 0 Å². The van der Waals surface area contributed by atoms with Crippen molar-refractivity contribution in [1.82, 2.24) is 9.88 Å². The molecule has 0 atom stereocenters. The van der Waals surface area contributed by atoms with Crippen molar-refractivity contribution >= 4 is 33.3 Å². The summed E-state index contributed by atoms with van der Waals surface area (Å²) in [4.78, 5) is 6.60. The Morgan fingerprint density at radius 3 is 3.00 bits per heavy atom. The Hall–Kier alpha value is -0.320. The summed E-state index contributed by atoms with van der Waals surface area (Å²) in [5.41, 5.74) is 0. The number of hydrogen-bond donors (Lipinski definition) is 1. The lowest BCUT2D eigenvalue weighted by Gasteiger charge is -2.16. The second-order valence-electron chi connectivity index (χ2n) is 4.12. The van der Waals surface area contributed by atoms with E-state index in [1.165, 1.54) is 12.8 Å². The van der Waals surface area contributed by atoms with Gasteiger partial charge < -0.3 is 10.2 Å². The summed E-state index contributed by atoms with van der Waals surface area (Å²) >= 11 is 9.38. The van der Waals surface area contributed by atoms with Crippen molar-refractivity contribution in [3.05, 3.63) is 21.8 Å². The lowest BCUT2D eigenvalue weighted by molar-refractivity contribution is 0.337. The van der Waals surface area contributed by atoms with Crippen LogP contribution >= 0.6 is 27.5 Å². The number of halogens is 2. The molecule has 1 heterocycles. The number of pyridine rings is 1. The van der Waals surface area contributed by atoms with Crippen molar-refractivity contribution in [1.29, 1.82) is 0 Å². The molecule has 1 aliphatic carbocycles. The smallest absolute Gasteiger partial charge is 0.144 e. The quantitative estimate of drug-likeness (QED) is 0.906. The molecule has 1 aromatic rings. The van der Waals surface area contributed by atoms with Gasteiger partial charge in [-0.05, 0) is 41.9 Å². The number of aromatic nitrogens is 1. The molecule has 3 nitrogen and oxygen atoms in total. The summed E-state index contributed by atoms with van der Waals surface area (Å²) in [6, 6.07) is 2.65. The van der Waals surface area contributed by atoms with E-state index in [0.29, 0.717) is 5.02 Å². The number of anilines is 1. The average molecular weight is 305 g/mol. The van der Waals surface area contributed by atoms with E-state index in [2.05, 4.69) is 38.2 Å². The normalized spacial score (nSPS) is 15.5. The Kier molecular flexibility index (Phi) is 4.05. The van der Waals surface area contributed by atoms with Crippen LogP contribution in [0.5, 0.6) is 0 Å². The molecule has 2 rings (SSSR count). The second-order valence-corrected chi connectivity index (χ2v) is 5.45. The summed E-state index contributed by atoms with van der Waals surface area (Å²) in [5, 5.41) is 3.90. The maximum absolute atomic E-state index is 6.05. The number of nitrogens with zero attached hydrogens (tertiary/aromatic N) is 2. The Morgan fingerprint density at radius 1 is 1.62 bits per heavy atom. The van der Waals surface area contributed by atoms with E-state index in [9.17, 15) is 0 Å². The molecule has 0 unspecified atom stereocenters. The lowest BCUT2D eigenvalue weighted by atomic mass is 10.4. The Bertz CT molecular complexity index is 368. The van der Waals surface area contributed by atoms with Gasteiger partial charge in [0.1, 0.15) is 5.82 Å². The van der Waals surface area contributed by atoms with Gasteiger partial charge in [-0.2, -0.15) is 0 Å². The van der Waals surface area contributed by atoms with Crippen molar-refractivity contribution in [2.45, 2.75) is 18.9 Å². The SMILES string of the molecule is CN(CCNc1ncc(Br)cc1Cl)C1CC1. The van der Waals surface area contributed by atoms with Crippen LogP contribution in [0.1, 0.15) is 12.8 Å². The van der Waals surface area contributed by atoms with Gasteiger partial charge in [0.2, 0.25) is 0 Å². The third-order valence-corrected chi connectivity index (χ3v) is 3.46. The third-order valence-electron chi connectivity index (χ3n) is 2.73. The molecular weight excluding hydrogens is 289 g/mol. The molecule has 0 amide bonds. The molecule has 0 radical (unpaired) electrons. The van der Waals surface area contributed by atoms with Crippen LogP contribution in [0.2, 0.25) is 5.02 Å². The van der Waals surface area contributed by atoms with E-state index in [0.717, 1.165) is 29.4 Å². The first-order chi connectivity index (χ1) is 7.66. The van der Waals surface area contributed by atoms with Crippen LogP contribution in [0.3, 0.4) is 0 Å². The minimum Gasteiger partial charge on any atom is -0.368 e. The van der Waals surface area contributed by atoms with E-state index >= 15 is 0 Å². The molecule has 1 saturated carbocycles. The van der Waals surface area contributed by atoms with Gasteiger partial charge in [0.25, 0.3) is 0 Å². The van der Waals surface area contributed by atoms with E-state index in [-0.39, 0.29) is 0 Å². The van der Waals surface area contributed by atoms with Crippen LogP contribution in [-0.2, 0) is 0 Å². The first kappa shape index (κ1) is 12.1. The lowest BCUT2D eigenvalue weighted by Crippen LogP contribution is -2.27. The molecule has 1 N–H and O–H groups in total. The Morgan fingerprint density at radius 2 is 2.38 bits per heavy atom. The minimum absolute atomic E-state index is 0.656. The van der Waals surface area contributed by atoms with Crippen molar-refractivity contribution in [2.24, 2.45) is 0 Å². The van der Waals surface area contributed by atoms with Crippen molar-refractivity contribution in [3.8, 4) is 0 Å². The summed E-state index contributed by atoms with van der Waals surface area (Å²) < 4.78 is 0.901. The Labute approximate surface area is 109 Å². The molecule has 0 bridgehead atoms. The topological polar surface area (TPSA) is 28.2 Å². The summed E-state index contributed by atoms with van der Waals surface area (Å²) in [6.07, 6.45) is 4.43. The van der Waals surface area contributed by atoms with Crippen LogP contribution in [0.4, 0.5) is 5.82 Å². The molecular formula is C11H15BrClN3. The Balaban J connectivity index is 1.80. The molecule has 88 valence electrons. The number of likely N-dealkylation sites (N-methyl/N-ethyl adjacent to an activating group) is 1. The zero-order valence-corrected chi connectivity index (χ0v) is 11.6. The van der Waals surface area contributed by atoms with Gasteiger partial charge in [0.15, 0.2) is 0 Å². The van der Waals surface area contributed by atoms with Gasteiger partial charge in [-0.3, -0.25) is 0 Å². The van der Waals surface area contributed by atoms with Gasteiger partial charge in [0.05, 0.1) is 5.02 Å². The summed E-state index contributed by atoms with van der Waals surface area (Å²) in [5.74, 6) is 0.758. The van der Waals surface area contributed by atoms with Gasteiger partial charge >= 0.3 is 0 Å². The van der Waals surface area contributed by atoms with Gasteiger partial charge in [-0.1, -0.05) is 11.6 Å². The molecule has 0 spiro atoms. The highest BCUT2D eigenvalue weighted by Gasteiger charge is 2.25.